The highest BCUT2D eigenvalue weighted by Crippen LogP contribution is 2.13. The highest BCUT2D eigenvalue weighted by Gasteiger charge is 2.01. The van der Waals surface area contributed by atoms with E-state index in [9.17, 15) is 0 Å². The van der Waals surface area contributed by atoms with E-state index >= 15 is 0 Å². The Hall–Kier alpha value is -1.02. The molecule has 0 saturated heterocycles. The fourth-order valence-corrected chi connectivity index (χ4v) is 1.92. The first kappa shape index (κ1) is 8.57. The van der Waals surface area contributed by atoms with Gasteiger partial charge in [0.25, 0.3) is 0 Å². The van der Waals surface area contributed by atoms with Gasteiger partial charge in [-0.1, -0.05) is 36.4 Å². The van der Waals surface area contributed by atoms with Gasteiger partial charge in [0, 0.05) is 12.3 Å². The molecule has 0 bridgehead atoms. The summed E-state index contributed by atoms with van der Waals surface area (Å²) in [4.78, 5) is 4.34. The van der Waals surface area contributed by atoms with E-state index in [1.807, 2.05) is 30.0 Å². The van der Waals surface area contributed by atoms with Crippen LogP contribution in [0.5, 0.6) is 0 Å². The maximum atomic E-state index is 4.34. The molecule has 0 spiro atoms. The van der Waals surface area contributed by atoms with Crippen molar-refractivity contribution in [3.05, 3.63) is 42.0 Å². The first-order valence-electron chi connectivity index (χ1n) is 4.35. The van der Waals surface area contributed by atoms with Crippen molar-refractivity contribution in [3.63, 3.8) is 0 Å². The molecule has 2 heteroatoms. The van der Waals surface area contributed by atoms with Gasteiger partial charge in [-0.3, -0.25) is 4.99 Å². The molecule has 0 aliphatic carbocycles. The van der Waals surface area contributed by atoms with Crippen LogP contribution in [0.1, 0.15) is 5.56 Å². The molecule has 66 valence electrons. The average molecular weight is 189 g/mol. The Kier molecular flexibility index (Phi) is 2.82. The van der Waals surface area contributed by atoms with Gasteiger partial charge in [0.2, 0.25) is 0 Å². The zero-order valence-corrected chi connectivity index (χ0v) is 8.13. The first-order chi connectivity index (χ1) is 6.45. The highest BCUT2D eigenvalue weighted by molar-refractivity contribution is 8.14. The molecule has 0 unspecified atom stereocenters. The molecule has 0 atom stereocenters. The van der Waals surface area contributed by atoms with Crippen LogP contribution in [-0.4, -0.2) is 17.3 Å². The van der Waals surface area contributed by atoms with Crippen LogP contribution in [-0.2, 0) is 0 Å². The van der Waals surface area contributed by atoms with Crippen LogP contribution in [0.15, 0.2) is 41.4 Å². The minimum atomic E-state index is 0.971. The molecule has 0 aromatic heterocycles. The number of nitrogens with zero attached hydrogens (tertiary/aromatic N) is 1. The van der Waals surface area contributed by atoms with Crippen LogP contribution in [0, 0.1) is 0 Å². The lowest BCUT2D eigenvalue weighted by molar-refractivity contribution is 1.18. The molecule has 1 nitrogen and oxygen atoms in total. The largest absolute Gasteiger partial charge is 0.278 e. The molecule has 1 aliphatic heterocycles. The lowest BCUT2D eigenvalue weighted by Gasteiger charge is -1.91. The van der Waals surface area contributed by atoms with E-state index in [-0.39, 0.29) is 0 Å². The second-order valence-corrected chi connectivity index (χ2v) is 3.93. The number of hydrogen-bond donors (Lipinski definition) is 0. The zero-order chi connectivity index (χ0) is 8.93. The fraction of sp³-hybridized carbons (Fsp3) is 0.182. The van der Waals surface area contributed by atoms with Crippen molar-refractivity contribution in [2.45, 2.75) is 0 Å². The predicted octanol–water partition coefficient (Wildman–Crippen LogP) is 2.85. The third-order valence-electron chi connectivity index (χ3n) is 1.83. The van der Waals surface area contributed by atoms with E-state index in [4.69, 9.17) is 0 Å². The first-order valence-corrected chi connectivity index (χ1v) is 5.34. The molecule has 0 fully saturated rings. The zero-order valence-electron chi connectivity index (χ0n) is 7.31. The summed E-state index contributed by atoms with van der Waals surface area (Å²) in [5, 5.41) is 1.16. The molecule has 2 rings (SSSR count). The van der Waals surface area contributed by atoms with Gasteiger partial charge in [-0.15, -0.1) is 11.8 Å². The van der Waals surface area contributed by atoms with Crippen molar-refractivity contribution in [2.75, 3.05) is 12.3 Å². The molecular formula is C11H11NS. The van der Waals surface area contributed by atoms with Gasteiger partial charge in [0.1, 0.15) is 0 Å². The number of benzene rings is 1. The van der Waals surface area contributed by atoms with Crippen molar-refractivity contribution < 1.29 is 0 Å². The molecule has 13 heavy (non-hydrogen) atoms. The molecule has 1 heterocycles. The van der Waals surface area contributed by atoms with Gasteiger partial charge in [-0.25, -0.2) is 0 Å². The second-order valence-electron chi connectivity index (χ2n) is 2.81. The molecule has 1 aromatic rings. The molecule has 0 N–H and O–H groups in total. The summed E-state index contributed by atoms with van der Waals surface area (Å²) in [7, 11) is 0. The maximum absolute atomic E-state index is 4.34. The van der Waals surface area contributed by atoms with Crippen molar-refractivity contribution in [2.24, 2.45) is 4.99 Å². The number of aliphatic imine (C=N–C) groups is 1. The van der Waals surface area contributed by atoms with Crippen LogP contribution in [0.4, 0.5) is 0 Å². The number of thioether (sulfide) groups is 1. The fourth-order valence-electron chi connectivity index (χ4n) is 1.18. The molecule has 0 amide bonds. The van der Waals surface area contributed by atoms with E-state index in [1.54, 1.807) is 0 Å². The van der Waals surface area contributed by atoms with Crippen LogP contribution in [0.25, 0.3) is 6.08 Å². The third kappa shape index (κ3) is 2.46. The summed E-state index contributed by atoms with van der Waals surface area (Å²) in [6.07, 6.45) is 4.20. The Bertz CT molecular complexity index is 327. The van der Waals surface area contributed by atoms with Gasteiger partial charge in [0.05, 0.1) is 5.04 Å². The topological polar surface area (TPSA) is 12.4 Å². The summed E-state index contributed by atoms with van der Waals surface area (Å²) in [6, 6.07) is 10.3. The second kappa shape index (κ2) is 4.28. The Morgan fingerprint density at radius 2 is 2.00 bits per heavy atom. The predicted molar refractivity (Wildman–Crippen MR) is 60.2 cm³/mol. The molecule has 1 aromatic carbocycles. The summed E-state index contributed by atoms with van der Waals surface area (Å²) < 4.78 is 0. The van der Waals surface area contributed by atoms with E-state index in [2.05, 4.69) is 29.3 Å². The summed E-state index contributed by atoms with van der Waals surface area (Å²) in [5.74, 6) is 1.13. The van der Waals surface area contributed by atoms with Gasteiger partial charge in [-0.2, -0.15) is 0 Å². The number of rotatable bonds is 2. The van der Waals surface area contributed by atoms with Crippen LogP contribution in [0.3, 0.4) is 0 Å². The van der Waals surface area contributed by atoms with Gasteiger partial charge >= 0.3 is 0 Å². The maximum Gasteiger partial charge on any atom is 0.0905 e. The monoisotopic (exact) mass is 189 g/mol. The Balaban J connectivity index is 2.05. The molecule has 0 radical (unpaired) electrons. The molecule has 1 aliphatic rings. The van der Waals surface area contributed by atoms with Crippen molar-refractivity contribution in [3.8, 4) is 0 Å². The van der Waals surface area contributed by atoms with Crippen molar-refractivity contribution in [1.82, 2.24) is 0 Å². The summed E-state index contributed by atoms with van der Waals surface area (Å²) in [5.41, 5.74) is 1.23. The van der Waals surface area contributed by atoms with E-state index < -0.39 is 0 Å². The smallest absolute Gasteiger partial charge is 0.0905 e. The van der Waals surface area contributed by atoms with Crippen LogP contribution >= 0.6 is 11.8 Å². The van der Waals surface area contributed by atoms with E-state index in [1.165, 1.54) is 5.56 Å². The quantitative estimate of drug-likeness (QED) is 0.697. The Morgan fingerprint density at radius 3 is 2.69 bits per heavy atom. The average Bonchev–Trinajstić information content (AvgIpc) is 2.69. The SMILES string of the molecule is C(=C/c1ccccc1)/C1=NCCS1. The Labute approximate surface area is 82.6 Å². The lowest BCUT2D eigenvalue weighted by Crippen LogP contribution is -1.78. The standard InChI is InChI=1S/C11H11NS/c1-2-4-10(5-3-1)6-7-11-12-8-9-13-11/h1-7H,8-9H2/b7-6-. The minimum absolute atomic E-state index is 0.971. The third-order valence-corrected chi connectivity index (χ3v) is 2.77. The Morgan fingerprint density at radius 1 is 1.15 bits per heavy atom. The molecule has 0 saturated carbocycles. The van der Waals surface area contributed by atoms with Gasteiger partial charge < -0.3 is 0 Å². The lowest BCUT2D eigenvalue weighted by atomic mass is 10.2. The van der Waals surface area contributed by atoms with Crippen molar-refractivity contribution >= 4 is 22.9 Å². The van der Waals surface area contributed by atoms with Gasteiger partial charge in [0.15, 0.2) is 0 Å². The highest BCUT2D eigenvalue weighted by atomic mass is 32.2. The number of hydrogen-bond acceptors (Lipinski definition) is 2. The van der Waals surface area contributed by atoms with Crippen molar-refractivity contribution in [1.29, 1.82) is 0 Å². The van der Waals surface area contributed by atoms with Gasteiger partial charge in [-0.05, 0) is 11.6 Å². The van der Waals surface area contributed by atoms with E-state index in [0.29, 0.717) is 0 Å². The molecular weight excluding hydrogens is 178 g/mol. The summed E-state index contributed by atoms with van der Waals surface area (Å²) >= 11 is 1.82. The van der Waals surface area contributed by atoms with Crippen LogP contribution < -0.4 is 0 Å². The van der Waals surface area contributed by atoms with Crippen LogP contribution in [0.2, 0.25) is 0 Å². The normalized spacial score (nSPS) is 16.5. The minimum Gasteiger partial charge on any atom is -0.278 e. The van der Waals surface area contributed by atoms with E-state index in [0.717, 1.165) is 17.3 Å². The summed E-state index contributed by atoms with van der Waals surface area (Å²) in [6.45, 7) is 0.971.